The van der Waals surface area contributed by atoms with Crippen LogP contribution in [-0.2, 0) is 15.7 Å². The van der Waals surface area contributed by atoms with Crippen molar-refractivity contribution in [3.05, 3.63) is 35.1 Å². The van der Waals surface area contributed by atoms with Gasteiger partial charge in [-0.15, -0.1) is 0 Å². The Morgan fingerprint density at radius 2 is 1.78 bits per heavy atom. The summed E-state index contributed by atoms with van der Waals surface area (Å²) < 4.78 is 61.2. The van der Waals surface area contributed by atoms with Crippen molar-refractivity contribution in [1.82, 2.24) is 0 Å². The highest BCUT2D eigenvalue weighted by Crippen LogP contribution is 2.33. The van der Waals surface area contributed by atoms with E-state index in [1.807, 2.05) is 0 Å². The molecule has 0 aliphatic carbocycles. The van der Waals surface area contributed by atoms with Crippen LogP contribution in [0.4, 0.5) is 17.6 Å². The summed E-state index contributed by atoms with van der Waals surface area (Å²) in [5, 5.41) is 0. The number of ether oxygens (including phenoxy) is 2. The van der Waals surface area contributed by atoms with Crippen LogP contribution in [0.15, 0.2) is 18.2 Å². The van der Waals surface area contributed by atoms with Crippen LogP contribution in [-0.4, -0.2) is 13.2 Å². The first kappa shape index (κ1) is 14.9. The fourth-order valence-electron chi connectivity index (χ4n) is 1.40. The maximum atomic E-state index is 13.5. The maximum absolute atomic E-state index is 13.5. The fraction of sp³-hybridized carbons (Fsp3) is 0.500. The zero-order valence-corrected chi connectivity index (χ0v) is 10.2. The molecule has 1 rings (SSSR count). The molecule has 0 saturated carbocycles. The molecule has 0 N–H and O–H groups in total. The van der Waals surface area contributed by atoms with Crippen LogP contribution >= 0.6 is 0 Å². The minimum absolute atomic E-state index is 0.263. The Morgan fingerprint density at radius 3 is 2.22 bits per heavy atom. The summed E-state index contributed by atoms with van der Waals surface area (Å²) in [6.45, 7) is 3.36. The average Bonchev–Trinajstić information content (AvgIpc) is 2.25. The van der Waals surface area contributed by atoms with Crippen molar-refractivity contribution in [2.24, 2.45) is 0 Å². The molecule has 0 spiro atoms. The van der Waals surface area contributed by atoms with E-state index in [0.717, 1.165) is 6.07 Å². The highest BCUT2D eigenvalue weighted by molar-refractivity contribution is 5.28. The Kier molecular flexibility index (Phi) is 4.70. The number of rotatable bonds is 4. The van der Waals surface area contributed by atoms with Gasteiger partial charge in [-0.2, -0.15) is 13.2 Å². The van der Waals surface area contributed by atoms with E-state index in [9.17, 15) is 17.6 Å². The molecule has 6 heteroatoms. The molecule has 0 heterocycles. The van der Waals surface area contributed by atoms with Crippen LogP contribution in [0.25, 0.3) is 0 Å². The first-order chi connectivity index (χ1) is 8.25. The molecule has 0 aromatic heterocycles. The second kappa shape index (κ2) is 5.67. The predicted octanol–water partition coefficient (Wildman–Crippen LogP) is 3.91. The number of hydrogen-bond acceptors (Lipinski definition) is 2. The number of benzene rings is 1. The first-order valence-electron chi connectivity index (χ1n) is 5.30. The van der Waals surface area contributed by atoms with Crippen LogP contribution in [0.1, 0.15) is 31.3 Å². The lowest BCUT2D eigenvalue weighted by molar-refractivity contribution is -0.153. The molecular formula is C12H14F4O2. The Labute approximate surface area is 103 Å². The van der Waals surface area contributed by atoms with E-state index in [4.69, 9.17) is 9.47 Å². The predicted molar refractivity (Wildman–Crippen MR) is 57.4 cm³/mol. The van der Waals surface area contributed by atoms with Gasteiger partial charge in [0.25, 0.3) is 0 Å². The fourth-order valence-corrected chi connectivity index (χ4v) is 1.40. The Bertz CT molecular complexity index is 402. The van der Waals surface area contributed by atoms with Crippen molar-refractivity contribution in [2.75, 3.05) is 7.11 Å². The Morgan fingerprint density at radius 1 is 1.17 bits per heavy atom. The van der Waals surface area contributed by atoms with E-state index in [1.165, 1.54) is 7.11 Å². The van der Waals surface area contributed by atoms with Crippen molar-refractivity contribution < 1.29 is 27.0 Å². The lowest BCUT2D eigenvalue weighted by atomic mass is 10.1. The van der Waals surface area contributed by atoms with Gasteiger partial charge in [0.1, 0.15) is 5.82 Å². The molecule has 2 nitrogen and oxygen atoms in total. The molecule has 1 unspecified atom stereocenters. The molecule has 0 fully saturated rings. The standard InChI is InChI=1S/C12H14F4O2/c1-7(2)18-11(17-3)9-6-8(12(14,15)16)4-5-10(9)13/h4-7,11H,1-3H3. The van der Waals surface area contributed by atoms with Crippen LogP contribution in [0.2, 0.25) is 0 Å². The molecule has 1 aromatic carbocycles. The van der Waals surface area contributed by atoms with E-state index in [0.29, 0.717) is 12.1 Å². The SMILES string of the molecule is COC(OC(C)C)c1cc(C(F)(F)F)ccc1F. The zero-order valence-electron chi connectivity index (χ0n) is 10.2. The summed E-state index contributed by atoms with van der Waals surface area (Å²) in [6, 6.07) is 2.14. The summed E-state index contributed by atoms with van der Waals surface area (Å²) in [7, 11) is 1.24. The van der Waals surface area contributed by atoms with Crippen molar-refractivity contribution in [3.63, 3.8) is 0 Å². The van der Waals surface area contributed by atoms with Gasteiger partial charge in [-0.1, -0.05) is 0 Å². The summed E-state index contributed by atoms with van der Waals surface area (Å²) in [5.41, 5.74) is -1.20. The van der Waals surface area contributed by atoms with Crippen molar-refractivity contribution in [1.29, 1.82) is 0 Å². The van der Waals surface area contributed by atoms with Gasteiger partial charge in [0.2, 0.25) is 0 Å². The summed E-state index contributed by atoms with van der Waals surface area (Å²) in [4.78, 5) is 0. The maximum Gasteiger partial charge on any atom is 0.416 e. The minimum atomic E-state index is -4.53. The molecular weight excluding hydrogens is 252 g/mol. The van der Waals surface area contributed by atoms with E-state index >= 15 is 0 Å². The lowest BCUT2D eigenvalue weighted by Crippen LogP contribution is -2.15. The zero-order chi connectivity index (χ0) is 13.9. The van der Waals surface area contributed by atoms with Crippen molar-refractivity contribution in [2.45, 2.75) is 32.4 Å². The minimum Gasteiger partial charge on any atom is -0.352 e. The van der Waals surface area contributed by atoms with E-state index < -0.39 is 23.8 Å². The second-order valence-electron chi connectivity index (χ2n) is 3.99. The number of alkyl halides is 3. The number of halogens is 4. The van der Waals surface area contributed by atoms with E-state index in [2.05, 4.69) is 0 Å². The number of methoxy groups -OCH3 is 1. The Hall–Kier alpha value is -1.14. The summed E-state index contributed by atoms with van der Waals surface area (Å²) >= 11 is 0. The van der Waals surface area contributed by atoms with E-state index in [1.54, 1.807) is 13.8 Å². The Balaban J connectivity index is 3.13. The van der Waals surface area contributed by atoms with Gasteiger partial charge in [-0.05, 0) is 32.0 Å². The van der Waals surface area contributed by atoms with Gasteiger partial charge in [-0.25, -0.2) is 4.39 Å². The lowest BCUT2D eigenvalue weighted by Gasteiger charge is -2.20. The summed E-state index contributed by atoms with van der Waals surface area (Å²) in [5.74, 6) is -0.796. The molecule has 1 atom stereocenters. The average molecular weight is 266 g/mol. The van der Waals surface area contributed by atoms with Crippen LogP contribution in [0.5, 0.6) is 0 Å². The highest BCUT2D eigenvalue weighted by Gasteiger charge is 2.32. The third-order valence-corrected chi connectivity index (χ3v) is 2.19. The molecule has 0 aliphatic rings. The van der Waals surface area contributed by atoms with Gasteiger partial charge in [0, 0.05) is 12.7 Å². The monoisotopic (exact) mass is 266 g/mol. The second-order valence-corrected chi connectivity index (χ2v) is 3.99. The molecule has 0 bridgehead atoms. The number of hydrogen-bond donors (Lipinski definition) is 0. The third kappa shape index (κ3) is 3.68. The summed E-state index contributed by atoms with van der Waals surface area (Å²) in [6.07, 6.45) is -5.99. The third-order valence-electron chi connectivity index (χ3n) is 2.19. The van der Waals surface area contributed by atoms with Crippen molar-refractivity contribution in [3.8, 4) is 0 Å². The normalized spacial score (nSPS) is 14.0. The van der Waals surface area contributed by atoms with Crippen LogP contribution < -0.4 is 0 Å². The molecule has 0 aliphatic heterocycles. The quantitative estimate of drug-likeness (QED) is 0.607. The van der Waals surface area contributed by atoms with Gasteiger partial charge in [0.05, 0.1) is 11.7 Å². The van der Waals surface area contributed by atoms with Gasteiger partial charge >= 0.3 is 6.18 Å². The molecule has 0 amide bonds. The first-order valence-corrected chi connectivity index (χ1v) is 5.30. The molecule has 0 radical (unpaired) electrons. The van der Waals surface area contributed by atoms with Gasteiger partial charge < -0.3 is 9.47 Å². The van der Waals surface area contributed by atoms with E-state index in [-0.39, 0.29) is 11.7 Å². The molecule has 102 valence electrons. The van der Waals surface area contributed by atoms with Gasteiger partial charge in [0.15, 0.2) is 6.29 Å². The smallest absolute Gasteiger partial charge is 0.352 e. The molecule has 0 saturated heterocycles. The largest absolute Gasteiger partial charge is 0.416 e. The van der Waals surface area contributed by atoms with Gasteiger partial charge in [-0.3, -0.25) is 0 Å². The van der Waals surface area contributed by atoms with Crippen LogP contribution in [0, 0.1) is 5.82 Å². The van der Waals surface area contributed by atoms with Crippen molar-refractivity contribution >= 4 is 0 Å². The molecule has 1 aromatic rings. The topological polar surface area (TPSA) is 18.5 Å². The molecule has 18 heavy (non-hydrogen) atoms. The highest BCUT2D eigenvalue weighted by atomic mass is 19.4. The van der Waals surface area contributed by atoms with Crippen LogP contribution in [0.3, 0.4) is 0 Å².